The molecule has 2 heterocycles. The third-order valence-corrected chi connectivity index (χ3v) is 3.03. The summed E-state index contributed by atoms with van der Waals surface area (Å²) in [5, 5.41) is 0. The topological polar surface area (TPSA) is 3.24 Å². The Balaban J connectivity index is 2.01. The van der Waals surface area contributed by atoms with Crippen LogP contribution in [0, 0.1) is 5.92 Å². The first-order valence-corrected chi connectivity index (χ1v) is 4.67. The SMILES string of the molecule is C1CC2CCCN(C1)CC2. The summed E-state index contributed by atoms with van der Waals surface area (Å²) in [5.41, 5.74) is 0. The largest absolute Gasteiger partial charge is 0.303 e. The average Bonchev–Trinajstić information content (AvgIpc) is 2.17. The van der Waals surface area contributed by atoms with Crippen molar-refractivity contribution in [3.05, 3.63) is 0 Å². The van der Waals surface area contributed by atoms with Crippen LogP contribution in [0.25, 0.3) is 0 Å². The summed E-state index contributed by atoms with van der Waals surface area (Å²) in [4.78, 5) is 2.65. The molecule has 0 aromatic heterocycles. The van der Waals surface area contributed by atoms with Crippen LogP contribution in [0.5, 0.6) is 0 Å². The van der Waals surface area contributed by atoms with Gasteiger partial charge < -0.3 is 4.90 Å². The zero-order valence-corrected chi connectivity index (χ0v) is 6.68. The van der Waals surface area contributed by atoms with E-state index in [1.54, 1.807) is 0 Å². The molecular weight excluding hydrogens is 122 g/mol. The molecular formula is C9H17N. The van der Waals surface area contributed by atoms with Gasteiger partial charge in [0, 0.05) is 0 Å². The average molecular weight is 139 g/mol. The molecule has 58 valence electrons. The fourth-order valence-electron chi connectivity index (χ4n) is 2.34. The van der Waals surface area contributed by atoms with Crippen molar-refractivity contribution in [2.24, 2.45) is 5.92 Å². The molecule has 2 rings (SSSR count). The Morgan fingerprint density at radius 1 is 0.800 bits per heavy atom. The predicted octanol–water partition coefficient (Wildman–Crippen LogP) is 1.88. The summed E-state index contributed by atoms with van der Waals surface area (Å²) >= 11 is 0. The van der Waals surface area contributed by atoms with E-state index in [2.05, 4.69) is 4.90 Å². The Kier molecular flexibility index (Phi) is 1.94. The van der Waals surface area contributed by atoms with Crippen LogP contribution in [0.1, 0.15) is 32.1 Å². The lowest BCUT2D eigenvalue weighted by Crippen LogP contribution is -2.24. The van der Waals surface area contributed by atoms with Crippen molar-refractivity contribution in [2.45, 2.75) is 32.1 Å². The summed E-state index contributed by atoms with van der Waals surface area (Å²) in [6.45, 7) is 4.16. The molecule has 2 aliphatic rings. The van der Waals surface area contributed by atoms with E-state index in [-0.39, 0.29) is 0 Å². The molecule has 0 unspecified atom stereocenters. The molecule has 0 amide bonds. The molecule has 0 saturated carbocycles. The molecule has 0 spiro atoms. The van der Waals surface area contributed by atoms with Crippen LogP contribution in [0.15, 0.2) is 0 Å². The molecule has 2 aliphatic heterocycles. The maximum absolute atomic E-state index is 2.65. The predicted molar refractivity (Wildman–Crippen MR) is 43.0 cm³/mol. The smallest absolute Gasteiger partial charge is 0.00161 e. The molecule has 0 aromatic rings. The molecule has 1 heteroatoms. The second kappa shape index (κ2) is 2.91. The Hall–Kier alpha value is -0.0400. The maximum Gasteiger partial charge on any atom is -0.00161 e. The van der Waals surface area contributed by atoms with Crippen LogP contribution in [0.4, 0.5) is 0 Å². The molecule has 0 atom stereocenters. The Morgan fingerprint density at radius 2 is 1.50 bits per heavy atom. The van der Waals surface area contributed by atoms with Gasteiger partial charge in [0.2, 0.25) is 0 Å². The molecule has 0 aliphatic carbocycles. The minimum absolute atomic E-state index is 1.09. The lowest BCUT2D eigenvalue weighted by atomic mass is 9.96. The Labute approximate surface area is 63.4 Å². The number of hydrogen-bond donors (Lipinski definition) is 0. The van der Waals surface area contributed by atoms with Gasteiger partial charge in [-0.05, 0) is 57.7 Å². The molecule has 0 aromatic carbocycles. The van der Waals surface area contributed by atoms with E-state index < -0.39 is 0 Å². The highest BCUT2D eigenvalue weighted by atomic mass is 15.1. The highest BCUT2D eigenvalue weighted by Gasteiger charge is 2.19. The number of rotatable bonds is 0. The fraction of sp³-hybridized carbons (Fsp3) is 1.00. The van der Waals surface area contributed by atoms with E-state index in [1.165, 1.54) is 51.7 Å². The lowest BCUT2D eigenvalue weighted by Gasteiger charge is -2.18. The fourth-order valence-corrected chi connectivity index (χ4v) is 2.34. The van der Waals surface area contributed by atoms with Gasteiger partial charge in [0.05, 0.1) is 0 Å². The standard InChI is InChI=1S/C9H17N/c1-3-9-4-2-7-10(6-1)8-5-9/h9H,1-8H2. The minimum Gasteiger partial charge on any atom is -0.303 e. The Morgan fingerprint density at radius 3 is 2.20 bits per heavy atom. The van der Waals surface area contributed by atoms with Crippen molar-refractivity contribution in [1.82, 2.24) is 4.90 Å². The normalized spacial score (nSPS) is 40.8. The molecule has 0 N–H and O–H groups in total. The van der Waals surface area contributed by atoms with Gasteiger partial charge in [0.25, 0.3) is 0 Å². The van der Waals surface area contributed by atoms with Gasteiger partial charge in [-0.15, -0.1) is 0 Å². The van der Waals surface area contributed by atoms with Crippen molar-refractivity contribution in [3.63, 3.8) is 0 Å². The van der Waals surface area contributed by atoms with Crippen LogP contribution in [0.2, 0.25) is 0 Å². The zero-order chi connectivity index (χ0) is 6.81. The van der Waals surface area contributed by atoms with Gasteiger partial charge in [-0.1, -0.05) is 0 Å². The first-order chi connectivity index (χ1) is 4.95. The van der Waals surface area contributed by atoms with E-state index in [9.17, 15) is 0 Å². The Bertz CT molecular complexity index is 89.3. The summed E-state index contributed by atoms with van der Waals surface area (Å²) in [6.07, 6.45) is 7.43. The molecule has 1 nitrogen and oxygen atoms in total. The lowest BCUT2D eigenvalue weighted by molar-refractivity contribution is 0.287. The molecule has 2 fully saturated rings. The summed E-state index contributed by atoms with van der Waals surface area (Å²) in [6, 6.07) is 0. The zero-order valence-electron chi connectivity index (χ0n) is 6.68. The second-order valence-corrected chi connectivity index (χ2v) is 3.78. The molecule has 10 heavy (non-hydrogen) atoms. The van der Waals surface area contributed by atoms with Crippen molar-refractivity contribution < 1.29 is 0 Å². The van der Waals surface area contributed by atoms with Gasteiger partial charge in [-0.25, -0.2) is 0 Å². The van der Waals surface area contributed by atoms with Crippen molar-refractivity contribution in [2.75, 3.05) is 19.6 Å². The second-order valence-electron chi connectivity index (χ2n) is 3.78. The van der Waals surface area contributed by atoms with E-state index in [0.29, 0.717) is 0 Å². The van der Waals surface area contributed by atoms with Gasteiger partial charge in [0.15, 0.2) is 0 Å². The number of nitrogens with zero attached hydrogens (tertiary/aromatic N) is 1. The first-order valence-electron chi connectivity index (χ1n) is 4.67. The first kappa shape index (κ1) is 6.66. The quantitative estimate of drug-likeness (QED) is 0.495. The van der Waals surface area contributed by atoms with Gasteiger partial charge in [0.1, 0.15) is 0 Å². The molecule has 0 radical (unpaired) electrons. The minimum atomic E-state index is 1.09. The maximum atomic E-state index is 2.65. The van der Waals surface area contributed by atoms with Gasteiger partial charge >= 0.3 is 0 Å². The van der Waals surface area contributed by atoms with E-state index in [0.717, 1.165) is 5.92 Å². The van der Waals surface area contributed by atoms with Crippen molar-refractivity contribution in [1.29, 1.82) is 0 Å². The van der Waals surface area contributed by atoms with Crippen LogP contribution >= 0.6 is 0 Å². The van der Waals surface area contributed by atoms with Gasteiger partial charge in [-0.2, -0.15) is 0 Å². The highest BCUT2D eigenvalue weighted by Crippen LogP contribution is 2.25. The summed E-state index contributed by atoms with van der Waals surface area (Å²) < 4.78 is 0. The van der Waals surface area contributed by atoms with E-state index in [1.807, 2.05) is 0 Å². The monoisotopic (exact) mass is 139 g/mol. The third kappa shape index (κ3) is 1.34. The number of hydrogen-bond acceptors (Lipinski definition) is 1. The highest BCUT2D eigenvalue weighted by molar-refractivity contribution is 4.74. The van der Waals surface area contributed by atoms with Crippen LogP contribution in [0.3, 0.4) is 0 Å². The summed E-state index contributed by atoms with van der Waals surface area (Å²) in [5.74, 6) is 1.09. The molecule has 2 bridgehead atoms. The summed E-state index contributed by atoms with van der Waals surface area (Å²) in [7, 11) is 0. The van der Waals surface area contributed by atoms with Crippen LogP contribution in [-0.4, -0.2) is 24.5 Å². The van der Waals surface area contributed by atoms with Crippen molar-refractivity contribution >= 4 is 0 Å². The van der Waals surface area contributed by atoms with Crippen LogP contribution in [-0.2, 0) is 0 Å². The van der Waals surface area contributed by atoms with Crippen LogP contribution < -0.4 is 0 Å². The number of fused-ring (bicyclic) bond motifs is 3. The molecule has 2 saturated heterocycles. The van der Waals surface area contributed by atoms with Gasteiger partial charge in [-0.3, -0.25) is 0 Å². The van der Waals surface area contributed by atoms with E-state index in [4.69, 9.17) is 0 Å². The third-order valence-electron chi connectivity index (χ3n) is 3.03. The van der Waals surface area contributed by atoms with Crippen molar-refractivity contribution in [3.8, 4) is 0 Å². The van der Waals surface area contributed by atoms with E-state index >= 15 is 0 Å².